The van der Waals surface area contributed by atoms with Crippen LogP contribution in [0.5, 0.6) is 0 Å². The molecule has 1 aliphatic heterocycles. The molecule has 1 aliphatic rings. The van der Waals surface area contributed by atoms with Crippen molar-refractivity contribution in [3.63, 3.8) is 0 Å². The summed E-state index contributed by atoms with van der Waals surface area (Å²) in [5.74, 6) is -0.889. The van der Waals surface area contributed by atoms with Crippen LogP contribution in [0.15, 0.2) is 46.9 Å². The highest BCUT2D eigenvalue weighted by Crippen LogP contribution is 2.29. The molecule has 0 unspecified atom stereocenters. The number of halogens is 2. The van der Waals surface area contributed by atoms with E-state index in [2.05, 4.69) is 31.5 Å². The smallest absolute Gasteiger partial charge is 0.251 e. The second-order valence-corrected chi connectivity index (χ2v) is 7.69. The molecular formula is C21H23BrFN3O2. The molecule has 0 radical (unpaired) electrons. The van der Waals surface area contributed by atoms with E-state index in [1.807, 2.05) is 0 Å². The zero-order valence-corrected chi connectivity index (χ0v) is 17.1. The maximum Gasteiger partial charge on any atom is 0.251 e. The minimum atomic E-state index is -0.389. The molecule has 2 N–H and O–H groups in total. The van der Waals surface area contributed by atoms with Crippen LogP contribution in [0.1, 0.15) is 36.0 Å². The fourth-order valence-corrected chi connectivity index (χ4v) is 3.49. The first kappa shape index (κ1) is 20.3. The van der Waals surface area contributed by atoms with Gasteiger partial charge in [0.05, 0.1) is 11.4 Å². The number of anilines is 2. The lowest BCUT2D eigenvalue weighted by molar-refractivity contribution is -0.116. The topological polar surface area (TPSA) is 61.4 Å². The molecule has 5 nitrogen and oxygen atoms in total. The second-order valence-electron chi connectivity index (χ2n) is 6.77. The monoisotopic (exact) mass is 447 g/mol. The van der Waals surface area contributed by atoms with Crippen molar-refractivity contribution in [1.82, 2.24) is 5.32 Å². The van der Waals surface area contributed by atoms with E-state index in [1.165, 1.54) is 18.6 Å². The SMILES string of the molecule is O=C(CCNC(=O)c1ccc(Br)cc1)Nc1cc(F)ccc1N1CCCCC1. The molecule has 1 saturated heterocycles. The van der Waals surface area contributed by atoms with Gasteiger partial charge in [-0.05, 0) is 61.7 Å². The fraction of sp³-hybridized carbons (Fsp3) is 0.333. The van der Waals surface area contributed by atoms with Crippen molar-refractivity contribution in [1.29, 1.82) is 0 Å². The van der Waals surface area contributed by atoms with E-state index in [1.54, 1.807) is 30.3 Å². The lowest BCUT2D eigenvalue weighted by Crippen LogP contribution is -2.31. The molecule has 2 amide bonds. The zero-order chi connectivity index (χ0) is 19.9. The highest BCUT2D eigenvalue weighted by molar-refractivity contribution is 9.10. The van der Waals surface area contributed by atoms with E-state index < -0.39 is 0 Å². The van der Waals surface area contributed by atoms with Crippen molar-refractivity contribution in [2.45, 2.75) is 25.7 Å². The molecule has 0 aliphatic carbocycles. The number of hydrogen-bond donors (Lipinski definition) is 2. The van der Waals surface area contributed by atoms with Crippen molar-refractivity contribution in [3.8, 4) is 0 Å². The van der Waals surface area contributed by atoms with Gasteiger partial charge in [0.25, 0.3) is 5.91 Å². The van der Waals surface area contributed by atoms with Crippen LogP contribution in [-0.4, -0.2) is 31.4 Å². The molecule has 1 heterocycles. The maximum absolute atomic E-state index is 13.7. The molecule has 2 aromatic carbocycles. The Morgan fingerprint density at radius 3 is 2.46 bits per heavy atom. The van der Waals surface area contributed by atoms with E-state index in [-0.39, 0.29) is 30.6 Å². The van der Waals surface area contributed by atoms with E-state index >= 15 is 0 Å². The number of carbonyl (C=O) groups excluding carboxylic acids is 2. The van der Waals surface area contributed by atoms with Crippen LogP contribution in [0, 0.1) is 5.82 Å². The minimum absolute atomic E-state index is 0.109. The van der Waals surface area contributed by atoms with Crippen molar-refractivity contribution < 1.29 is 14.0 Å². The van der Waals surface area contributed by atoms with Gasteiger partial charge in [-0.15, -0.1) is 0 Å². The Bertz CT molecular complexity index is 836. The largest absolute Gasteiger partial charge is 0.370 e. The number of amides is 2. The summed E-state index contributed by atoms with van der Waals surface area (Å²) >= 11 is 3.32. The Hall–Kier alpha value is -2.41. The number of hydrogen-bond acceptors (Lipinski definition) is 3. The van der Waals surface area contributed by atoms with E-state index in [9.17, 15) is 14.0 Å². The summed E-state index contributed by atoms with van der Waals surface area (Å²) < 4.78 is 14.6. The average molecular weight is 448 g/mol. The van der Waals surface area contributed by atoms with Crippen LogP contribution in [0.2, 0.25) is 0 Å². The molecule has 0 aromatic heterocycles. The number of nitrogens with zero attached hydrogens (tertiary/aromatic N) is 1. The van der Waals surface area contributed by atoms with Gasteiger partial charge < -0.3 is 15.5 Å². The molecule has 3 rings (SSSR count). The molecule has 148 valence electrons. The molecule has 0 saturated carbocycles. The van der Waals surface area contributed by atoms with Crippen LogP contribution < -0.4 is 15.5 Å². The number of rotatable bonds is 6. The van der Waals surface area contributed by atoms with Gasteiger partial charge in [-0.25, -0.2) is 4.39 Å². The zero-order valence-electron chi connectivity index (χ0n) is 15.5. The number of carbonyl (C=O) groups is 2. The Balaban J connectivity index is 1.55. The number of nitrogens with one attached hydrogen (secondary N) is 2. The molecule has 0 atom stereocenters. The van der Waals surface area contributed by atoms with Crippen molar-refractivity contribution in [3.05, 3.63) is 58.3 Å². The molecule has 2 aromatic rings. The predicted molar refractivity (Wildman–Crippen MR) is 112 cm³/mol. The summed E-state index contributed by atoms with van der Waals surface area (Å²) in [6.07, 6.45) is 3.48. The van der Waals surface area contributed by atoms with Gasteiger partial charge in [0.2, 0.25) is 5.91 Å². The van der Waals surface area contributed by atoms with Gasteiger partial charge in [0.1, 0.15) is 5.82 Å². The van der Waals surface area contributed by atoms with Crippen LogP contribution in [0.4, 0.5) is 15.8 Å². The summed E-state index contributed by atoms with van der Waals surface area (Å²) in [5.41, 5.74) is 1.85. The highest BCUT2D eigenvalue weighted by Gasteiger charge is 2.16. The molecule has 0 bridgehead atoms. The Morgan fingerprint density at radius 1 is 1.04 bits per heavy atom. The molecule has 1 fully saturated rings. The third kappa shape index (κ3) is 5.55. The highest BCUT2D eigenvalue weighted by atomic mass is 79.9. The fourth-order valence-electron chi connectivity index (χ4n) is 3.22. The van der Waals surface area contributed by atoms with Crippen molar-refractivity contribution >= 4 is 39.1 Å². The van der Waals surface area contributed by atoms with E-state index in [0.29, 0.717) is 11.3 Å². The van der Waals surface area contributed by atoms with Gasteiger partial charge >= 0.3 is 0 Å². The lowest BCUT2D eigenvalue weighted by Gasteiger charge is -2.30. The number of benzene rings is 2. The lowest BCUT2D eigenvalue weighted by atomic mass is 10.1. The summed E-state index contributed by atoms with van der Waals surface area (Å²) in [4.78, 5) is 26.6. The van der Waals surface area contributed by atoms with E-state index in [4.69, 9.17) is 0 Å². The molecule has 0 spiro atoms. The molecule has 28 heavy (non-hydrogen) atoms. The van der Waals surface area contributed by atoms with Gasteiger partial charge in [-0.1, -0.05) is 15.9 Å². The first-order chi connectivity index (χ1) is 13.5. The molecular weight excluding hydrogens is 425 g/mol. The van der Waals surface area contributed by atoms with Crippen molar-refractivity contribution in [2.24, 2.45) is 0 Å². The quantitative estimate of drug-likeness (QED) is 0.692. The van der Waals surface area contributed by atoms with Gasteiger partial charge in [0.15, 0.2) is 0 Å². The summed E-state index contributed by atoms with van der Waals surface area (Å²) in [6.45, 7) is 2.00. The Labute approximate surface area is 172 Å². The Morgan fingerprint density at radius 2 is 1.75 bits per heavy atom. The maximum atomic E-state index is 13.7. The van der Waals surface area contributed by atoms with Crippen LogP contribution in [0.3, 0.4) is 0 Å². The van der Waals surface area contributed by atoms with Gasteiger partial charge in [0, 0.05) is 36.1 Å². The molecule has 7 heteroatoms. The summed E-state index contributed by atoms with van der Waals surface area (Å²) in [5, 5.41) is 5.52. The van der Waals surface area contributed by atoms with Crippen LogP contribution in [0.25, 0.3) is 0 Å². The van der Waals surface area contributed by atoms with E-state index in [0.717, 1.165) is 36.1 Å². The van der Waals surface area contributed by atoms with Crippen molar-refractivity contribution in [2.75, 3.05) is 29.9 Å². The van der Waals surface area contributed by atoms with Gasteiger partial charge in [-0.2, -0.15) is 0 Å². The first-order valence-corrected chi connectivity index (χ1v) is 10.2. The normalized spacial score (nSPS) is 13.9. The van der Waals surface area contributed by atoms with Crippen LogP contribution >= 0.6 is 15.9 Å². The van der Waals surface area contributed by atoms with Gasteiger partial charge in [-0.3, -0.25) is 9.59 Å². The number of piperidine rings is 1. The first-order valence-electron chi connectivity index (χ1n) is 9.41. The third-order valence-electron chi connectivity index (χ3n) is 4.67. The Kier molecular flexibility index (Phi) is 7.03. The minimum Gasteiger partial charge on any atom is -0.370 e. The third-order valence-corrected chi connectivity index (χ3v) is 5.20. The van der Waals surface area contributed by atoms with Crippen LogP contribution in [-0.2, 0) is 4.79 Å². The summed E-state index contributed by atoms with van der Waals surface area (Å²) in [7, 11) is 0. The summed E-state index contributed by atoms with van der Waals surface area (Å²) in [6, 6.07) is 11.5. The average Bonchev–Trinajstić information content (AvgIpc) is 2.69. The second kappa shape index (κ2) is 9.68. The standard InChI is InChI=1S/C21H23BrFN3O2/c22-16-6-4-15(5-7-16)21(28)24-11-10-20(27)25-18-14-17(23)8-9-19(18)26-12-2-1-3-13-26/h4-9,14H,1-3,10-13H2,(H,24,28)(H,25,27). The predicted octanol–water partition coefficient (Wildman–Crippen LogP) is 4.34.